The van der Waals surface area contributed by atoms with Crippen LogP contribution in [0.5, 0.6) is 0 Å². The van der Waals surface area contributed by atoms with Crippen molar-refractivity contribution in [2.45, 2.75) is 233 Å². The van der Waals surface area contributed by atoms with Crippen LogP contribution in [0.3, 0.4) is 0 Å². The van der Waals surface area contributed by atoms with Crippen molar-refractivity contribution < 1.29 is 38.6 Å². The highest BCUT2D eigenvalue weighted by molar-refractivity contribution is 6.44. The Morgan fingerprint density at radius 3 is 0.879 bits per heavy atom. The predicted octanol–water partition coefficient (Wildman–Crippen LogP) is 33.4. The van der Waals surface area contributed by atoms with E-state index in [1.807, 2.05) is 165 Å². The topological polar surface area (TPSA) is 204 Å². The summed E-state index contributed by atoms with van der Waals surface area (Å²) < 4.78 is 5.64. The highest BCUT2D eigenvalue weighted by Crippen LogP contribution is 2.52. The molecule has 26 heteroatoms. The zero-order valence-corrected chi connectivity index (χ0v) is 93.5. The molecule has 0 unspecified atom stereocenters. The van der Waals surface area contributed by atoms with Gasteiger partial charge in [-0.25, -0.2) is 4.79 Å². The molecule has 15 nitrogen and oxygen atoms in total. The molecule has 4 amide bonds. The van der Waals surface area contributed by atoms with Crippen molar-refractivity contribution in [1.29, 1.82) is 0 Å². The summed E-state index contributed by atoms with van der Waals surface area (Å²) >= 11 is 61.6. The molecule has 6 aliphatic rings. The molecule has 0 fully saturated rings. The number of benzene rings is 12. The summed E-state index contributed by atoms with van der Waals surface area (Å²) in [7, 11) is 9.81. The Kier molecular flexibility index (Phi) is 45.0. The first-order chi connectivity index (χ1) is 71.6. The third-order valence-corrected chi connectivity index (χ3v) is 34.1. The van der Waals surface area contributed by atoms with E-state index in [0.717, 1.165) is 140 Å². The predicted molar refractivity (Wildman–Crippen MR) is 616 cm³/mol. The Balaban J connectivity index is 0.000000160. The van der Waals surface area contributed by atoms with Gasteiger partial charge in [0.1, 0.15) is 12.4 Å². The number of fused-ring (bicyclic) bond motifs is 8. The van der Waals surface area contributed by atoms with Gasteiger partial charge in [-0.1, -0.05) is 342 Å². The van der Waals surface area contributed by atoms with Gasteiger partial charge >= 0.3 is 12.1 Å². The molecule has 149 heavy (non-hydrogen) atoms. The Hall–Kier alpha value is -9.47. The normalized spacial score (nSPS) is 18.3. The lowest BCUT2D eigenvalue weighted by Crippen LogP contribution is -2.34. The molecule has 0 saturated heterocycles. The lowest BCUT2D eigenvalue weighted by Gasteiger charge is -2.37. The molecule has 6 N–H and O–H groups in total. The third-order valence-electron chi connectivity index (χ3n) is 30.4. The summed E-state index contributed by atoms with van der Waals surface area (Å²) in [4.78, 5) is 79.3. The Morgan fingerprint density at radius 2 is 0.577 bits per heavy atom. The summed E-state index contributed by atoms with van der Waals surface area (Å²) in [5, 5.41) is 24.2. The number of halogens is 11. The van der Waals surface area contributed by atoms with Crippen molar-refractivity contribution in [1.82, 2.24) is 30.7 Å². The van der Waals surface area contributed by atoms with Gasteiger partial charge in [0.2, 0.25) is 17.7 Å². The number of carboxylic acid groups (broad SMARTS) is 1. The number of carbonyl (C=O) groups excluding carboxylic acids is 5. The van der Waals surface area contributed by atoms with Crippen LogP contribution in [-0.4, -0.2) is 110 Å². The number of Topliss-reactive ketones (excluding diaryl/α,β-unsaturated/α-hetero) is 1. The van der Waals surface area contributed by atoms with Gasteiger partial charge in [-0.2, -0.15) is 0 Å². The number of nitrogens with zero attached hydrogens (tertiary/aromatic N) is 3. The molecule has 12 aromatic carbocycles. The van der Waals surface area contributed by atoms with Crippen LogP contribution in [-0.2, 0) is 28.7 Å². The van der Waals surface area contributed by atoms with Crippen LogP contribution in [0.1, 0.15) is 327 Å². The van der Waals surface area contributed by atoms with E-state index >= 15 is 0 Å². The first-order valence-electron chi connectivity index (χ1n) is 52.0. The van der Waals surface area contributed by atoms with E-state index in [4.69, 9.17) is 132 Å². The highest BCUT2D eigenvalue weighted by Gasteiger charge is 2.38. The molecular weight excluding hydrogens is 2090 g/mol. The number of hydrogen-bond acceptors (Lipinski definition) is 10. The third kappa shape index (κ3) is 30.4. The number of hydrogen-bond donors (Lipinski definition) is 5. The fourth-order valence-electron chi connectivity index (χ4n) is 22.5. The average Bonchev–Trinajstić information content (AvgIpc) is 1.64. The molecule has 786 valence electrons. The number of amides is 4. The maximum atomic E-state index is 13.2. The summed E-state index contributed by atoms with van der Waals surface area (Å²) in [5.41, 5.74) is 29.3. The standard InChI is InChI=1S/C38H38Cl2N2O3.C28H33Cl2NO4.C23H28Cl2N2O.2C17H17Cl2N.ClH/c1-42(36-21-19-26(27-11-8-9-16-32(27)36)25-18-20-34(39)35(40)23-25)37(43)17-3-2-10-22-41-38(44)45-24-33-30-14-6-4-12-28(30)29-13-5-7-15-31(29)33;1-31(27(33)11-5-3-2-4-8-20(32)13-17-28(34)35)26-16-14-21(22-9-6-7-10-23(22)26)19-12-15-24(29)25(30)18-19;1-27(23(28)9-3-2-6-14-26)22-13-11-17(18-7-4-5-8-19(18)22)16-10-12-20(24)21(25)15-16;2*1-20-17-9-7-12(13-4-2-3-5-14(13)17)11-6-8-15(18)16(19)10-11;/h4-9,11-16,18,20,23,26,33,36H,2-3,10,17,19,21-22,24H2,1H3,(H,41,44);6-7,9-10,12,15,18,21,26H,2-5,8,11,13-14,16-17H2,1H3,(H,34,35);4-5,7-8,10,12,15,17,22H,2-3,6,9,11,13-14,26H2,1H3;2*2-6,8,10,12,17,20H,7,9H2,1H3;1H/t26-,36-;21-,26-;17-,22-;2*12-,17-;/m00000./s1. The highest BCUT2D eigenvalue weighted by atomic mass is 35.5. The quantitative estimate of drug-likeness (QED) is 0.0245. The second-order valence-corrected chi connectivity index (χ2v) is 43.5. The molecule has 6 aliphatic carbocycles. The molecule has 0 spiro atoms. The van der Waals surface area contributed by atoms with E-state index in [1.165, 1.54) is 94.6 Å². The number of rotatable bonds is 33. The molecule has 10 atom stereocenters. The Morgan fingerprint density at radius 1 is 0.309 bits per heavy atom. The number of aliphatic carboxylic acids is 1. The fraction of sp³-hybridized carbons (Fsp3) is 0.366. The lowest BCUT2D eigenvalue weighted by atomic mass is 9.76. The number of carbonyl (C=O) groups is 6. The zero-order valence-electron chi connectivity index (χ0n) is 85.1. The number of ether oxygens (including phenoxy) is 1. The SMILES string of the molecule is CN(C(=O)CCCCCCC(=O)CCC(=O)O)[C@H]1CC[C@@H](c2ccc(Cl)c(Cl)c2)c2ccccc21.CN(C(=O)CCCCCN)[C@H]1CC[C@@H](c2ccc(Cl)c(Cl)c2)c2ccccc21.CN(C(=O)CCCCCNC(=O)OCC1c2ccccc2-c2ccccc21)[C@H]1CC[C@@H](c2ccc(Cl)c(Cl)c2)c2ccccc21.CN[C@H]1CC[C@@H](c2ccc(Cl)c(Cl)c2)c2ccccc21.CN[C@H]1CC[C@@H](c2ccc(Cl)c(Cl)c2)c2ccccc21.Cl. The van der Waals surface area contributed by atoms with Gasteiger partial charge in [0.25, 0.3) is 0 Å². The van der Waals surface area contributed by atoms with Crippen LogP contribution >= 0.6 is 128 Å². The molecule has 0 saturated carbocycles. The summed E-state index contributed by atoms with van der Waals surface area (Å²) in [6.07, 6.45) is 20.2. The van der Waals surface area contributed by atoms with E-state index in [1.54, 1.807) is 0 Å². The van der Waals surface area contributed by atoms with Gasteiger partial charge in [-0.15, -0.1) is 12.4 Å². The maximum absolute atomic E-state index is 13.2. The number of unbranched alkanes of at least 4 members (excludes halogenated alkanes) is 7. The second kappa shape index (κ2) is 57.5. The van der Waals surface area contributed by atoms with E-state index in [-0.39, 0.29) is 90.6 Å². The van der Waals surface area contributed by atoms with Crippen molar-refractivity contribution in [3.05, 3.63) is 406 Å². The van der Waals surface area contributed by atoms with Crippen molar-refractivity contribution in [2.75, 3.05) is 54.9 Å². The number of carboxylic acids is 1. The van der Waals surface area contributed by atoms with Gasteiger partial charge in [-0.05, 0) is 290 Å². The summed E-state index contributed by atoms with van der Waals surface area (Å²) in [5.74, 6) is 1.13. The molecule has 18 rings (SSSR count). The van der Waals surface area contributed by atoms with Crippen LogP contribution < -0.4 is 21.7 Å². The number of alkyl carbamates (subject to hydrolysis) is 1. The van der Waals surface area contributed by atoms with Gasteiger partial charge in [0, 0.05) is 107 Å². The zero-order chi connectivity index (χ0) is 105. The fourth-order valence-corrected chi connectivity index (χ4v) is 24.0. The van der Waals surface area contributed by atoms with Crippen LogP contribution in [0.25, 0.3) is 11.1 Å². The maximum Gasteiger partial charge on any atom is 0.407 e. The van der Waals surface area contributed by atoms with Gasteiger partial charge in [0.15, 0.2) is 0 Å². The van der Waals surface area contributed by atoms with Gasteiger partial charge in [-0.3, -0.25) is 24.0 Å². The summed E-state index contributed by atoms with van der Waals surface area (Å²) in [6, 6.07) is 89.9. The molecule has 0 bridgehead atoms. The monoisotopic (exact) mass is 2220 g/mol. The molecule has 0 radical (unpaired) electrons. The van der Waals surface area contributed by atoms with E-state index in [0.29, 0.717) is 120 Å². The number of ketones is 1. The van der Waals surface area contributed by atoms with Gasteiger partial charge in [0.05, 0.1) is 74.8 Å². The number of nitrogens with one attached hydrogen (secondary N) is 3. The minimum Gasteiger partial charge on any atom is -0.481 e. The van der Waals surface area contributed by atoms with Crippen molar-refractivity contribution in [2.24, 2.45) is 5.73 Å². The molecule has 0 aliphatic heterocycles. The first kappa shape index (κ1) is 117. The van der Waals surface area contributed by atoms with Crippen LogP contribution in [0.2, 0.25) is 50.2 Å². The molecular formula is C123H134Cl11N7O8. The lowest BCUT2D eigenvalue weighted by molar-refractivity contribution is -0.138. The van der Waals surface area contributed by atoms with Gasteiger partial charge < -0.3 is 46.2 Å². The average molecular weight is 2230 g/mol. The Bertz CT molecular complexity index is 6410. The first-order valence-corrected chi connectivity index (χ1v) is 55.7. The van der Waals surface area contributed by atoms with Crippen molar-refractivity contribution >= 4 is 164 Å². The minimum absolute atomic E-state index is 0. The van der Waals surface area contributed by atoms with E-state index in [2.05, 4.69) is 162 Å². The molecule has 0 heterocycles. The minimum atomic E-state index is -0.938. The van der Waals surface area contributed by atoms with Crippen molar-refractivity contribution in [3.63, 3.8) is 0 Å². The number of nitrogens with two attached hydrogens (primary N) is 1. The smallest absolute Gasteiger partial charge is 0.407 e. The van der Waals surface area contributed by atoms with E-state index < -0.39 is 12.1 Å². The van der Waals surface area contributed by atoms with Crippen LogP contribution in [0, 0.1) is 0 Å². The molecule has 0 aromatic heterocycles. The van der Waals surface area contributed by atoms with Crippen molar-refractivity contribution in [3.8, 4) is 11.1 Å². The Labute approximate surface area is 935 Å². The van der Waals surface area contributed by atoms with Crippen LogP contribution in [0.4, 0.5) is 4.79 Å². The second-order valence-electron chi connectivity index (χ2n) is 39.4. The van der Waals surface area contributed by atoms with E-state index in [9.17, 15) is 28.8 Å². The summed E-state index contributed by atoms with van der Waals surface area (Å²) in [6.45, 7) is 1.52. The van der Waals surface area contributed by atoms with Crippen LogP contribution in [0.15, 0.2) is 261 Å². The largest absolute Gasteiger partial charge is 0.481 e. The molecule has 12 aromatic rings.